The van der Waals surface area contributed by atoms with E-state index in [9.17, 15) is 18.3 Å². The van der Waals surface area contributed by atoms with Crippen LogP contribution >= 0.6 is 11.6 Å². The van der Waals surface area contributed by atoms with Gasteiger partial charge in [-0.25, -0.2) is 13.4 Å². The maximum atomic E-state index is 12.4. The van der Waals surface area contributed by atoms with E-state index < -0.39 is 21.5 Å². The van der Waals surface area contributed by atoms with E-state index in [1.54, 1.807) is 24.4 Å². The molecular weight excluding hydrogens is 366 g/mol. The summed E-state index contributed by atoms with van der Waals surface area (Å²) in [5, 5.41) is 10.7. The topological polar surface area (TPSA) is 108 Å². The van der Waals surface area contributed by atoms with Gasteiger partial charge < -0.3 is 5.11 Å². The number of anilines is 1. The van der Waals surface area contributed by atoms with Crippen LogP contribution in [0, 0.1) is 0 Å². The molecule has 1 amide bonds. The molecule has 0 unspecified atom stereocenters. The number of fused-ring (bicyclic) bond motifs is 1. The molecule has 0 saturated heterocycles. The van der Waals surface area contributed by atoms with E-state index in [1.165, 1.54) is 18.2 Å². The number of sulfone groups is 1. The van der Waals surface area contributed by atoms with Gasteiger partial charge in [0.25, 0.3) is 5.91 Å². The largest absolute Gasteiger partial charge is 0.507 e. The molecule has 9 heteroatoms. The summed E-state index contributed by atoms with van der Waals surface area (Å²) in [6.07, 6.45) is 1.41. The minimum atomic E-state index is -3.63. The normalized spacial score (nSPS) is 15.9. The van der Waals surface area contributed by atoms with Gasteiger partial charge in [-0.05, 0) is 36.8 Å². The van der Waals surface area contributed by atoms with Crippen molar-refractivity contribution in [3.05, 3.63) is 58.8 Å². The van der Waals surface area contributed by atoms with Crippen LogP contribution in [0.5, 0.6) is 0 Å². The Kier molecular flexibility index (Phi) is 4.65. The summed E-state index contributed by atoms with van der Waals surface area (Å²) < 4.78 is 24.7. The zero-order valence-electron chi connectivity index (χ0n) is 12.9. The highest BCUT2D eigenvalue weighted by atomic mass is 35.5. The third-order valence-corrected chi connectivity index (χ3v) is 5.68. The molecule has 0 aliphatic carbocycles. The SMILES string of the molecule is O=C(NNc1ccccn1)C1=C(O)c2cc(Cl)ccc2S(=O)(=O)CC1. The second kappa shape index (κ2) is 6.73. The molecule has 1 aliphatic heterocycles. The van der Waals surface area contributed by atoms with Crippen LogP contribution in [0.4, 0.5) is 5.82 Å². The van der Waals surface area contributed by atoms with E-state index in [0.717, 1.165) is 0 Å². The van der Waals surface area contributed by atoms with Crippen molar-refractivity contribution in [2.24, 2.45) is 0 Å². The predicted molar refractivity (Wildman–Crippen MR) is 93.7 cm³/mol. The third-order valence-electron chi connectivity index (χ3n) is 3.68. The van der Waals surface area contributed by atoms with Crippen LogP contribution in [-0.4, -0.2) is 30.2 Å². The highest BCUT2D eigenvalue weighted by Crippen LogP contribution is 2.32. The first-order valence-corrected chi connectivity index (χ1v) is 9.34. The standard InChI is InChI=1S/C16H14ClN3O4S/c17-10-4-5-13-12(9-10)15(21)11(6-8-25(13,23)24)16(22)20-19-14-3-1-2-7-18-14/h1-5,7,9,21H,6,8H2,(H,18,19)(H,20,22). The number of aromatic nitrogens is 1. The molecule has 0 spiro atoms. The summed E-state index contributed by atoms with van der Waals surface area (Å²) in [5.41, 5.74) is 4.98. The van der Waals surface area contributed by atoms with E-state index in [-0.39, 0.29) is 33.2 Å². The number of halogens is 1. The van der Waals surface area contributed by atoms with Crippen LogP contribution in [0.2, 0.25) is 5.02 Å². The van der Waals surface area contributed by atoms with Gasteiger partial charge in [0.1, 0.15) is 11.6 Å². The Bertz CT molecular complexity index is 959. The van der Waals surface area contributed by atoms with Gasteiger partial charge in [0.2, 0.25) is 0 Å². The molecule has 0 bridgehead atoms. The lowest BCUT2D eigenvalue weighted by molar-refractivity contribution is -0.117. The number of pyridine rings is 1. The van der Waals surface area contributed by atoms with Crippen LogP contribution in [-0.2, 0) is 14.6 Å². The zero-order valence-corrected chi connectivity index (χ0v) is 14.4. The van der Waals surface area contributed by atoms with Crippen LogP contribution in [0.25, 0.3) is 5.76 Å². The first kappa shape index (κ1) is 17.2. The molecule has 130 valence electrons. The molecule has 1 aromatic heterocycles. The Morgan fingerprint density at radius 3 is 2.76 bits per heavy atom. The molecule has 2 aromatic rings. The number of hydrogen-bond acceptors (Lipinski definition) is 6. The quantitative estimate of drug-likeness (QED) is 0.706. The van der Waals surface area contributed by atoms with Gasteiger partial charge in [-0.3, -0.25) is 15.6 Å². The van der Waals surface area contributed by atoms with Gasteiger partial charge in [-0.1, -0.05) is 17.7 Å². The predicted octanol–water partition coefficient (Wildman–Crippen LogP) is 2.32. The second-order valence-electron chi connectivity index (χ2n) is 5.33. The molecular formula is C16H14ClN3O4S. The second-order valence-corrected chi connectivity index (χ2v) is 7.84. The van der Waals surface area contributed by atoms with Crippen molar-refractivity contribution < 1.29 is 18.3 Å². The molecule has 25 heavy (non-hydrogen) atoms. The number of aliphatic hydroxyl groups excluding tert-OH is 1. The van der Waals surface area contributed by atoms with Gasteiger partial charge in [0.15, 0.2) is 9.84 Å². The van der Waals surface area contributed by atoms with Crippen molar-refractivity contribution in [2.45, 2.75) is 11.3 Å². The average Bonchev–Trinajstić information content (AvgIpc) is 2.69. The van der Waals surface area contributed by atoms with E-state index in [4.69, 9.17) is 11.6 Å². The summed E-state index contributed by atoms with van der Waals surface area (Å²) in [6.45, 7) is 0. The van der Waals surface area contributed by atoms with Crippen LogP contribution in [0.15, 0.2) is 53.1 Å². The minimum absolute atomic E-state index is 0.0213. The first-order chi connectivity index (χ1) is 11.9. The summed E-state index contributed by atoms with van der Waals surface area (Å²) in [4.78, 5) is 16.3. The summed E-state index contributed by atoms with van der Waals surface area (Å²) in [6, 6.07) is 9.18. The number of hydrogen-bond donors (Lipinski definition) is 3. The highest BCUT2D eigenvalue weighted by molar-refractivity contribution is 7.91. The molecule has 0 fully saturated rings. The average molecular weight is 380 g/mol. The van der Waals surface area contributed by atoms with Crippen LogP contribution < -0.4 is 10.9 Å². The minimum Gasteiger partial charge on any atom is -0.507 e. The number of benzene rings is 1. The number of amides is 1. The number of hydrazine groups is 1. The van der Waals surface area contributed by atoms with Gasteiger partial charge in [0, 0.05) is 16.8 Å². The van der Waals surface area contributed by atoms with Crippen molar-refractivity contribution in [3.8, 4) is 0 Å². The van der Waals surface area contributed by atoms with E-state index in [1.807, 2.05) is 0 Å². The van der Waals surface area contributed by atoms with Crippen LogP contribution in [0.3, 0.4) is 0 Å². The summed E-state index contributed by atoms with van der Waals surface area (Å²) >= 11 is 5.91. The number of carbonyl (C=O) groups excluding carboxylic acids is 1. The summed E-state index contributed by atoms with van der Waals surface area (Å²) in [7, 11) is -3.63. The number of nitrogens with zero attached hydrogens (tertiary/aromatic N) is 1. The Hall–Kier alpha value is -2.58. The maximum absolute atomic E-state index is 12.4. The highest BCUT2D eigenvalue weighted by Gasteiger charge is 2.29. The summed E-state index contributed by atoms with van der Waals surface area (Å²) in [5.74, 6) is -0.941. The Morgan fingerprint density at radius 2 is 2.04 bits per heavy atom. The lowest BCUT2D eigenvalue weighted by Gasteiger charge is -2.11. The van der Waals surface area contributed by atoms with Gasteiger partial charge in [-0.2, -0.15) is 0 Å². The fourth-order valence-corrected chi connectivity index (χ4v) is 4.07. The number of rotatable bonds is 3. The van der Waals surface area contributed by atoms with Gasteiger partial charge >= 0.3 is 0 Å². The van der Waals surface area contributed by atoms with Crippen LogP contribution in [0.1, 0.15) is 12.0 Å². The van der Waals surface area contributed by atoms with Crippen molar-refractivity contribution in [1.29, 1.82) is 0 Å². The molecule has 7 nitrogen and oxygen atoms in total. The molecule has 0 radical (unpaired) electrons. The molecule has 0 atom stereocenters. The first-order valence-electron chi connectivity index (χ1n) is 7.30. The lowest BCUT2D eigenvalue weighted by atomic mass is 10.1. The smallest absolute Gasteiger partial charge is 0.269 e. The Balaban J connectivity index is 1.93. The molecule has 3 N–H and O–H groups in total. The molecule has 2 heterocycles. The van der Waals surface area contributed by atoms with Gasteiger partial charge in [-0.15, -0.1) is 0 Å². The Morgan fingerprint density at radius 1 is 1.24 bits per heavy atom. The van der Waals surface area contributed by atoms with Crippen molar-refractivity contribution in [1.82, 2.24) is 10.4 Å². The molecule has 1 aromatic carbocycles. The van der Waals surface area contributed by atoms with Crippen molar-refractivity contribution in [3.63, 3.8) is 0 Å². The lowest BCUT2D eigenvalue weighted by Crippen LogP contribution is -2.31. The number of nitrogens with one attached hydrogen (secondary N) is 2. The monoisotopic (exact) mass is 379 g/mol. The van der Waals surface area contributed by atoms with Crippen molar-refractivity contribution in [2.75, 3.05) is 11.2 Å². The van der Waals surface area contributed by atoms with Crippen molar-refractivity contribution >= 4 is 38.9 Å². The fraction of sp³-hybridized carbons (Fsp3) is 0.125. The van der Waals surface area contributed by atoms with Gasteiger partial charge in [0.05, 0.1) is 16.2 Å². The molecule has 3 rings (SSSR count). The van der Waals surface area contributed by atoms with E-state index in [0.29, 0.717) is 5.82 Å². The Labute approximate surface area is 149 Å². The van der Waals surface area contributed by atoms with E-state index in [2.05, 4.69) is 15.8 Å². The number of carbonyl (C=O) groups is 1. The molecule has 1 aliphatic rings. The zero-order chi connectivity index (χ0) is 18.0. The molecule has 0 saturated carbocycles. The maximum Gasteiger partial charge on any atom is 0.269 e. The number of aliphatic hydroxyl groups is 1. The van der Waals surface area contributed by atoms with E-state index >= 15 is 0 Å². The fourth-order valence-electron chi connectivity index (χ4n) is 2.44. The third kappa shape index (κ3) is 3.59.